The Morgan fingerprint density at radius 3 is 2.48 bits per heavy atom. The van der Waals surface area contributed by atoms with Crippen LogP contribution in [-0.4, -0.2) is 19.8 Å². The number of rotatable bonds is 3. The van der Waals surface area contributed by atoms with Crippen LogP contribution >= 0.6 is 11.6 Å². The predicted molar refractivity (Wildman–Crippen MR) is 80.6 cm³/mol. The first kappa shape index (κ1) is 13.4. The molecule has 21 heavy (non-hydrogen) atoms. The monoisotopic (exact) mass is 301 g/mol. The van der Waals surface area contributed by atoms with Gasteiger partial charge < -0.3 is 5.73 Å². The molecule has 0 fully saturated rings. The third kappa shape index (κ3) is 2.66. The van der Waals surface area contributed by atoms with Crippen LogP contribution in [-0.2, 0) is 6.54 Å². The van der Waals surface area contributed by atoms with E-state index in [1.165, 1.54) is 9.36 Å². The van der Waals surface area contributed by atoms with Crippen molar-refractivity contribution in [2.75, 3.05) is 5.73 Å². The van der Waals surface area contributed by atoms with Crippen LogP contribution in [0.1, 0.15) is 5.56 Å². The van der Waals surface area contributed by atoms with E-state index in [0.717, 1.165) is 5.56 Å². The second kappa shape index (κ2) is 5.41. The number of anilines is 1. The second-order valence-electron chi connectivity index (χ2n) is 4.52. The molecule has 0 bridgehead atoms. The highest BCUT2D eigenvalue weighted by Crippen LogP contribution is 2.16. The molecule has 0 amide bonds. The summed E-state index contributed by atoms with van der Waals surface area (Å²) in [4.78, 5) is 12.3. The lowest BCUT2D eigenvalue weighted by molar-refractivity contribution is 0.632. The maximum atomic E-state index is 12.3. The lowest BCUT2D eigenvalue weighted by Crippen LogP contribution is -2.24. The van der Waals surface area contributed by atoms with E-state index in [2.05, 4.69) is 10.4 Å². The molecule has 0 atom stereocenters. The molecule has 1 aromatic heterocycles. The number of nitrogen functional groups attached to an aromatic ring is 1. The highest BCUT2D eigenvalue weighted by molar-refractivity contribution is 6.32. The van der Waals surface area contributed by atoms with E-state index in [-0.39, 0.29) is 5.69 Å². The maximum Gasteiger partial charge on any atom is 0.368 e. The third-order valence-corrected chi connectivity index (χ3v) is 3.35. The van der Waals surface area contributed by atoms with Crippen LogP contribution < -0.4 is 11.4 Å². The Labute approximate surface area is 125 Å². The van der Waals surface area contributed by atoms with Crippen molar-refractivity contribution in [2.24, 2.45) is 0 Å². The van der Waals surface area contributed by atoms with Crippen molar-refractivity contribution < 1.29 is 0 Å². The summed E-state index contributed by atoms with van der Waals surface area (Å²) in [5.41, 5.74) is 7.38. The maximum absolute atomic E-state index is 12.3. The normalized spacial score (nSPS) is 10.7. The Bertz CT molecular complexity index is 822. The zero-order chi connectivity index (χ0) is 14.8. The van der Waals surface area contributed by atoms with E-state index in [1.807, 2.05) is 12.1 Å². The van der Waals surface area contributed by atoms with Gasteiger partial charge in [0, 0.05) is 5.69 Å². The molecule has 0 unspecified atom stereocenters. The summed E-state index contributed by atoms with van der Waals surface area (Å²) in [7, 11) is 0. The van der Waals surface area contributed by atoms with Crippen LogP contribution in [0.3, 0.4) is 0 Å². The van der Waals surface area contributed by atoms with Crippen LogP contribution in [0.2, 0.25) is 5.02 Å². The summed E-state index contributed by atoms with van der Waals surface area (Å²) in [6.45, 7) is 0.323. The molecule has 1 heterocycles. The first-order valence-electron chi connectivity index (χ1n) is 6.27. The molecule has 3 rings (SSSR count). The summed E-state index contributed by atoms with van der Waals surface area (Å²) in [5.74, 6) is 0. The van der Waals surface area contributed by atoms with Gasteiger partial charge in [0.15, 0.2) is 0 Å². The lowest BCUT2D eigenvalue weighted by atomic mass is 10.2. The average Bonchev–Trinajstić information content (AvgIpc) is 2.83. The molecule has 0 aliphatic rings. The number of hydrogen-bond acceptors (Lipinski definition) is 4. The van der Waals surface area contributed by atoms with Crippen molar-refractivity contribution in [1.29, 1.82) is 0 Å². The molecule has 2 aromatic carbocycles. The van der Waals surface area contributed by atoms with E-state index in [9.17, 15) is 4.79 Å². The van der Waals surface area contributed by atoms with Crippen molar-refractivity contribution in [3.05, 3.63) is 69.6 Å². The standard InChI is InChI=1S/C14H12ClN5O/c15-12-3-1-2-4-13(12)20-14(21)19(17-18-20)9-10-5-7-11(16)8-6-10/h1-8H,9,16H2. The van der Waals surface area contributed by atoms with Crippen molar-refractivity contribution >= 4 is 17.3 Å². The Morgan fingerprint density at radius 1 is 1.05 bits per heavy atom. The van der Waals surface area contributed by atoms with Gasteiger partial charge in [0.1, 0.15) is 0 Å². The van der Waals surface area contributed by atoms with Gasteiger partial charge in [-0.25, -0.2) is 4.79 Å². The number of halogens is 1. The number of aromatic nitrogens is 4. The molecule has 2 N–H and O–H groups in total. The first-order valence-corrected chi connectivity index (χ1v) is 6.65. The number of hydrogen-bond donors (Lipinski definition) is 1. The molecule has 6 nitrogen and oxygen atoms in total. The van der Waals surface area contributed by atoms with E-state index < -0.39 is 0 Å². The molecule has 0 aliphatic carbocycles. The first-order chi connectivity index (χ1) is 10.1. The summed E-state index contributed by atoms with van der Waals surface area (Å²) in [5, 5.41) is 8.19. The van der Waals surface area contributed by atoms with E-state index in [1.54, 1.807) is 36.4 Å². The fraction of sp³-hybridized carbons (Fsp3) is 0.0714. The van der Waals surface area contributed by atoms with Crippen molar-refractivity contribution in [3.8, 4) is 5.69 Å². The minimum atomic E-state index is -0.347. The number of nitrogens with two attached hydrogens (primary N) is 1. The molecule has 0 radical (unpaired) electrons. The molecule has 0 spiro atoms. The Kier molecular flexibility index (Phi) is 3.45. The number of benzene rings is 2. The fourth-order valence-corrected chi connectivity index (χ4v) is 2.16. The molecule has 106 valence electrons. The molecule has 0 saturated carbocycles. The largest absolute Gasteiger partial charge is 0.399 e. The minimum absolute atomic E-state index is 0.323. The Morgan fingerprint density at radius 2 is 1.76 bits per heavy atom. The van der Waals surface area contributed by atoms with Crippen molar-refractivity contribution in [1.82, 2.24) is 19.8 Å². The van der Waals surface area contributed by atoms with Gasteiger partial charge in [-0.05, 0) is 40.3 Å². The van der Waals surface area contributed by atoms with Crippen LogP contribution in [0.4, 0.5) is 5.69 Å². The summed E-state index contributed by atoms with van der Waals surface area (Å²) >= 11 is 6.07. The van der Waals surface area contributed by atoms with Gasteiger partial charge in [-0.1, -0.05) is 35.9 Å². The topological polar surface area (TPSA) is 78.7 Å². The molecule has 0 aliphatic heterocycles. The SMILES string of the molecule is Nc1ccc(Cn2nnn(-c3ccccc3Cl)c2=O)cc1. The second-order valence-corrected chi connectivity index (χ2v) is 4.93. The molecular formula is C14H12ClN5O. The van der Waals surface area contributed by atoms with Crippen LogP contribution in [0, 0.1) is 0 Å². The van der Waals surface area contributed by atoms with Gasteiger partial charge in [0.05, 0.1) is 17.3 Å². The van der Waals surface area contributed by atoms with Gasteiger partial charge in [0.25, 0.3) is 0 Å². The van der Waals surface area contributed by atoms with Crippen LogP contribution in [0.15, 0.2) is 53.3 Å². The van der Waals surface area contributed by atoms with Crippen molar-refractivity contribution in [3.63, 3.8) is 0 Å². The van der Waals surface area contributed by atoms with Gasteiger partial charge in [0.2, 0.25) is 0 Å². The lowest BCUT2D eigenvalue weighted by Gasteiger charge is -2.01. The quantitative estimate of drug-likeness (QED) is 0.747. The smallest absolute Gasteiger partial charge is 0.368 e. The van der Waals surface area contributed by atoms with E-state index >= 15 is 0 Å². The van der Waals surface area contributed by atoms with Gasteiger partial charge in [-0.3, -0.25) is 0 Å². The van der Waals surface area contributed by atoms with Gasteiger partial charge >= 0.3 is 5.69 Å². The Balaban J connectivity index is 1.95. The van der Waals surface area contributed by atoms with Gasteiger partial charge in [-0.15, -0.1) is 0 Å². The fourth-order valence-electron chi connectivity index (χ4n) is 1.94. The zero-order valence-corrected chi connectivity index (χ0v) is 11.7. The average molecular weight is 302 g/mol. The summed E-state index contributed by atoms with van der Waals surface area (Å²) < 4.78 is 2.45. The van der Waals surface area contributed by atoms with Crippen molar-refractivity contribution in [2.45, 2.75) is 6.54 Å². The minimum Gasteiger partial charge on any atom is -0.399 e. The molecule has 3 aromatic rings. The Hall–Kier alpha value is -2.60. The van der Waals surface area contributed by atoms with Gasteiger partial charge in [-0.2, -0.15) is 9.36 Å². The van der Waals surface area contributed by atoms with Crippen LogP contribution in [0.25, 0.3) is 5.69 Å². The predicted octanol–water partition coefficient (Wildman–Crippen LogP) is 1.71. The highest BCUT2D eigenvalue weighted by atomic mass is 35.5. The molecule has 0 saturated heterocycles. The number of nitrogens with zero attached hydrogens (tertiary/aromatic N) is 4. The summed E-state index contributed by atoms with van der Waals surface area (Å²) in [6.07, 6.45) is 0. The summed E-state index contributed by atoms with van der Waals surface area (Å²) in [6, 6.07) is 14.2. The molecular weight excluding hydrogens is 290 g/mol. The number of para-hydroxylation sites is 1. The zero-order valence-electron chi connectivity index (χ0n) is 11.0. The van der Waals surface area contributed by atoms with Crippen LogP contribution in [0.5, 0.6) is 0 Å². The molecule has 7 heteroatoms. The van der Waals surface area contributed by atoms with E-state index in [4.69, 9.17) is 17.3 Å². The van der Waals surface area contributed by atoms with E-state index in [0.29, 0.717) is 22.9 Å². The third-order valence-electron chi connectivity index (χ3n) is 3.03. The number of tetrazole rings is 1. The highest BCUT2D eigenvalue weighted by Gasteiger charge is 2.11.